The van der Waals surface area contributed by atoms with Crippen LogP contribution in [0.1, 0.15) is 18.2 Å². The number of rotatable bonds is 4. The van der Waals surface area contributed by atoms with Crippen molar-refractivity contribution in [3.8, 4) is 5.69 Å². The minimum absolute atomic E-state index is 0.271. The number of halogens is 1. The highest BCUT2D eigenvalue weighted by molar-refractivity contribution is 5.78. The number of nitrogens with zero attached hydrogens (tertiary/aromatic N) is 4. The number of hydrogen-bond donors (Lipinski definition) is 0. The molecule has 0 N–H and O–H groups in total. The average Bonchev–Trinajstić information content (AvgIpc) is 3.21. The molecule has 1 aliphatic heterocycles. The third-order valence-corrected chi connectivity index (χ3v) is 4.55. The molecule has 0 saturated heterocycles. The van der Waals surface area contributed by atoms with Gasteiger partial charge in [-0.25, -0.2) is 9.07 Å². The summed E-state index contributed by atoms with van der Waals surface area (Å²) >= 11 is 0. The second-order valence-electron chi connectivity index (χ2n) is 6.29. The summed E-state index contributed by atoms with van der Waals surface area (Å²) < 4.78 is 15.1. The number of aromatic nitrogens is 3. The molecule has 1 aliphatic rings. The highest BCUT2D eigenvalue weighted by atomic mass is 19.1. The summed E-state index contributed by atoms with van der Waals surface area (Å²) in [6.07, 6.45) is 13.4. The molecule has 1 aromatic carbocycles. The Bertz CT molecular complexity index is 1090. The van der Waals surface area contributed by atoms with E-state index in [1.165, 1.54) is 12.1 Å². The summed E-state index contributed by atoms with van der Waals surface area (Å²) in [5.74, 6) is -0.271. The lowest BCUT2D eigenvalue weighted by Crippen LogP contribution is -2.17. The van der Waals surface area contributed by atoms with E-state index in [2.05, 4.69) is 16.7 Å². The van der Waals surface area contributed by atoms with Gasteiger partial charge in [-0.1, -0.05) is 12.7 Å². The van der Waals surface area contributed by atoms with Gasteiger partial charge in [0.15, 0.2) is 0 Å². The van der Waals surface area contributed by atoms with E-state index < -0.39 is 0 Å². The number of benzene rings is 1. The fourth-order valence-corrected chi connectivity index (χ4v) is 3.18. The van der Waals surface area contributed by atoms with Crippen LogP contribution in [-0.4, -0.2) is 19.7 Å². The predicted octanol–water partition coefficient (Wildman–Crippen LogP) is 5.19. The van der Waals surface area contributed by atoms with Crippen molar-refractivity contribution in [1.29, 1.82) is 0 Å². The van der Waals surface area contributed by atoms with Gasteiger partial charge >= 0.3 is 0 Å². The van der Waals surface area contributed by atoms with E-state index in [1.54, 1.807) is 35.4 Å². The number of allylic oxidation sites excluding steroid dienone is 4. The summed E-state index contributed by atoms with van der Waals surface area (Å²) in [4.78, 5) is 6.15. The largest absolute Gasteiger partial charge is 0.317 e. The van der Waals surface area contributed by atoms with E-state index >= 15 is 0 Å². The van der Waals surface area contributed by atoms with Crippen LogP contribution in [0.2, 0.25) is 0 Å². The molecule has 4 rings (SSSR count). The van der Waals surface area contributed by atoms with Gasteiger partial charge in [-0.3, -0.25) is 4.98 Å². The molecule has 5 heteroatoms. The smallest absolute Gasteiger partial charge is 0.123 e. The first-order chi connectivity index (χ1) is 13.7. The van der Waals surface area contributed by atoms with E-state index in [0.29, 0.717) is 0 Å². The van der Waals surface area contributed by atoms with Crippen molar-refractivity contribution in [3.05, 3.63) is 115 Å². The van der Waals surface area contributed by atoms with E-state index in [1.807, 2.05) is 54.5 Å². The zero-order chi connectivity index (χ0) is 19.5. The fourth-order valence-electron chi connectivity index (χ4n) is 3.18. The van der Waals surface area contributed by atoms with Crippen molar-refractivity contribution in [1.82, 2.24) is 19.7 Å². The molecule has 0 radical (unpaired) electrons. The zero-order valence-corrected chi connectivity index (χ0v) is 15.5. The quantitative estimate of drug-likeness (QED) is 0.633. The van der Waals surface area contributed by atoms with Gasteiger partial charge in [0, 0.05) is 41.1 Å². The van der Waals surface area contributed by atoms with Gasteiger partial charge in [0.1, 0.15) is 5.82 Å². The molecule has 3 aromatic rings. The van der Waals surface area contributed by atoms with Crippen LogP contribution >= 0.6 is 0 Å². The molecule has 0 fully saturated rings. The molecule has 4 nitrogen and oxygen atoms in total. The van der Waals surface area contributed by atoms with Crippen LogP contribution in [0.4, 0.5) is 4.39 Å². The minimum Gasteiger partial charge on any atom is -0.317 e. The maximum atomic E-state index is 13.3. The molecular weight excluding hydrogens is 351 g/mol. The molecule has 2 aromatic heterocycles. The Labute approximate surface area is 163 Å². The third-order valence-electron chi connectivity index (χ3n) is 4.55. The maximum Gasteiger partial charge on any atom is 0.123 e. The van der Waals surface area contributed by atoms with Gasteiger partial charge in [-0.2, -0.15) is 5.10 Å². The second-order valence-corrected chi connectivity index (χ2v) is 6.29. The first kappa shape index (κ1) is 17.7. The van der Waals surface area contributed by atoms with Gasteiger partial charge in [-0.15, -0.1) is 0 Å². The fraction of sp³-hybridized carbons (Fsp3) is 0.0435. The van der Waals surface area contributed by atoms with Crippen LogP contribution in [0, 0.1) is 5.82 Å². The zero-order valence-electron chi connectivity index (χ0n) is 15.5. The standard InChI is InChI=1S/C23H19FN4/c1-3-22(18-10-13-25-14-11-18)27-16-19(5-4-17(27)2)23-12-15-26-28(23)21-8-6-20(24)7-9-21/h3-16H,2H2,1H3/b22-3-. The second kappa shape index (κ2) is 7.48. The highest BCUT2D eigenvalue weighted by Gasteiger charge is 2.18. The number of hydrogen-bond acceptors (Lipinski definition) is 3. The van der Waals surface area contributed by atoms with Gasteiger partial charge in [-0.05, 0) is 61.5 Å². The van der Waals surface area contributed by atoms with Crippen LogP contribution < -0.4 is 0 Å². The topological polar surface area (TPSA) is 34.0 Å². The Morgan fingerprint density at radius 3 is 2.46 bits per heavy atom. The molecule has 28 heavy (non-hydrogen) atoms. The lowest BCUT2D eigenvalue weighted by atomic mass is 10.1. The summed E-state index contributed by atoms with van der Waals surface area (Å²) in [7, 11) is 0. The molecule has 138 valence electrons. The molecule has 0 spiro atoms. The summed E-state index contributed by atoms with van der Waals surface area (Å²) in [6.45, 7) is 6.17. The Morgan fingerprint density at radius 1 is 1.00 bits per heavy atom. The molecular formula is C23H19FN4. The molecule has 0 unspecified atom stereocenters. The van der Waals surface area contributed by atoms with Crippen molar-refractivity contribution in [2.75, 3.05) is 0 Å². The first-order valence-corrected chi connectivity index (χ1v) is 8.92. The van der Waals surface area contributed by atoms with Crippen LogP contribution in [0.15, 0.2) is 97.8 Å². The SMILES string of the molecule is C=C1C=CC(c2ccnn2-c2ccc(F)cc2)=CN1/C(=C\C)c1ccncc1. The van der Waals surface area contributed by atoms with Gasteiger partial charge in [0.05, 0.1) is 17.6 Å². The Hall–Kier alpha value is -3.73. The Kier molecular flexibility index (Phi) is 4.72. The molecule has 0 atom stereocenters. The highest BCUT2D eigenvalue weighted by Crippen LogP contribution is 2.31. The van der Waals surface area contributed by atoms with Crippen molar-refractivity contribution in [2.45, 2.75) is 6.92 Å². The lowest BCUT2D eigenvalue weighted by molar-refractivity contribution is 0.627. The van der Waals surface area contributed by atoms with Crippen LogP contribution in [0.25, 0.3) is 17.0 Å². The monoisotopic (exact) mass is 370 g/mol. The molecule has 0 bridgehead atoms. The van der Waals surface area contributed by atoms with E-state index in [0.717, 1.165) is 33.9 Å². The molecule has 3 heterocycles. The Morgan fingerprint density at radius 2 is 1.75 bits per heavy atom. The maximum absolute atomic E-state index is 13.3. The predicted molar refractivity (Wildman–Crippen MR) is 110 cm³/mol. The third kappa shape index (κ3) is 3.30. The van der Waals surface area contributed by atoms with Gasteiger partial charge in [0.25, 0.3) is 0 Å². The summed E-state index contributed by atoms with van der Waals surface area (Å²) in [5.41, 5.74) is 5.61. The van der Waals surface area contributed by atoms with Crippen molar-refractivity contribution in [3.63, 3.8) is 0 Å². The van der Waals surface area contributed by atoms with Crippen molar-refractivity contribution >= 4 is 11.3 Å². The first-order valence-electron chi connectivity index (χ1n) is 8.92. The normalized spacial score (nSPS) is 14.4. The number of pyridine rings is 1. The molecule has 0 amide bonds. The molecule has 0 saturated carbocycles. The summed E-state index contributed by atoms with van der Waals surface area (Å²) in [5, 5.41) is 4.41. The lowest BCUT2D eigenvalue weighted by Gasteiger charge is -2.28. The van der Waals surface area contributed by atoms with Gasteiger partial charge < -0.3 is 4.90 Å². The van der Waals surface area contributed by atoms with Gasteiger partial charge in [0.2, 0.25) is 0 Å². The van der Waals surface area contributed by atoms with Crippen LogP contribution in [0.3, 0.4) is 0 Å². The summed E-state index contributed by atoms with van der Waals surface area (Å²) in [6, 6.07) is 12.2. The van der Waals surface area contributed by atoms with Crippen molar-refractivity contribution < 1.29 is 4.39 Å². The van der Waals surface area contributed by atoms with Crippen LogP contribution in [-0.2, 0) is 0 Å². The van der Waals surface area contributed by atoms with E-state index in [9.17, 15) is 4.39 Å². The van der Waals surface area contributed by atoms with E-state index in [-0.39, 0.29) is 5.82 Å². The Balaban J connectivity index is 1.74. The minimum atomic E-state index is -0.271. The average molecular weight is 370 g/mol. The van der Waals surface area contributed by atoms with Crippen LogP contribution in [0.5, 0.6) is 0 Å². The van der Waals surface area contributed by atoms with E-state index in [4.69, 9.17) is 0 Å². The molecule has 0 aliphatic carbocycles. The van der Waals surface area contributed by atoms with Crippen molar-refractivity contribution in [2.24, 2.45) is 0 Å².